The second-order valence-electron chi connectivity index (χ2n) is 11.0. The number of aromatic nitrogens is 2. The van der Waals surface area contributed by atoms with Gasteiger partial charge in [-0.3, -0.25) is 9.78 Å². The number of halogens is 1. The van der Waals surface area contributed by atoms with Crippen LogP contribution in [0.3, 0.4) is 0 Å². The van der Waals surface area contributed by atoms with Crippen LogP contribution in [0.4, 0.5) is 4.39 Å². The summed E-state index contributed by atoms with van der Waals surface area (Å²) in [5.74, 6) is 0.787. The first-order valence-corrected chi connectivity index (χ1v) is 13.3. The Hall–Kier alpha value is -2.77. The van der Waals surface area contributed by atoms with Crippen molar-refractivity contribution in [1.82, 2.24) is 24.7 Å². The van der Waals surface area contributed by atoms with Crippen LogP contribution in [0.25, 0.3) is 16.6 Å². The van der Waals surface area contributed by atoms with Crippen molar-refractivity contribution >= 4 is 16.8 Å². The van der Waals surface area contributed by atoms with Crippen LogP contribution < -0.4 is 5.32 Å². The molecule has 2 saturated heterocycles. The van der Waals surface area contributed by atoms with Crippen molar-refractivity contribution in [3.8, 4) is 5.69 Å². The standard InChI is InChI=1S/C29H38FN5O/c1-19(2)33(4)29(36)25-12-24(30)5-6-26(25)35-18-23(28-20(3)13-32-15-27(28)35)11-21-8-10-34(16-21)17-22-7-9-31-14-22/h5-6,12-13,15,18-19,21-22,31H,7-11,14,16-17H2,1-4H3/t21-,22-/m1/s1. The maximum Gasteiger partial charge on any atom is 0.256 e. The Balaban J connectivity index is 1.48. The number of benzene rings is 1. The lowest BCUT2D eigenvalue weighted by Gasteiger charge is -2.23. The lowest BCUT2D eigenvalue weighted by molar-refractivity contribution is 0.0754. The van der Waals surface area contributed by atoms with Crippen LogP contribution in [-0.2, 0) is 6.42 Å². The molecule has 2 atom stereocenters. The monoisotopic (exact) mass is 491 g/mol. The summed E-state index contributed by atoms with van der Waals surface area (Å²) < 4.78 is 16.4. The smallest absolute Gasteiger partial charge is 0.256 e. The quantitative estimate of drug-likeness (QED) is 0.531. The number of carbonyl (C=O) groups is 1. The molecule has 7 heteroatoms. The van der Waals surface area contributed by atoms with Gasteiger partial charge in [-0.1, -0.05) is 0 Å². The first-order valence-electron chi connectivity index (χ1n) is 13.3. The second-order valence-corrected chi connectivity index (χ2v) is 11.0. The fourth-order valence-electron chi connectivity index (χ4n) is 5.90. The molecular formula is C29H38FN5O. The van der Waals surface area contributed by atoms with E-state index in [1.165, 1.54) is 49.0 Å². The van der Waals surface area contributed by atoms with Crippen LogP contribution in [0.1, 0.15) is 48.2 Å². The van der Waals surface area contributed by atoms with Gasteiger partial charge in [0.25, 0.3) is 5.91 Å². The summed E-state index contributed by atoms with van der Waals surface area (Å²) in [4.78, 5) is 22.1. The predicted molar refractivity (Wildman–Crippen MR) is 142 cm³/mol. The van der Waals surface area contributed by atoms with Crippen molar-refractivity contribution in [3.05, 3.63) is 59.3 Å². The summed E-state index contributed by atoms with van der Waals surface area (Å²) in [5.41, 5.74) is 4.43. The molecule has 0 radical (unpaired) electrons. The molecule has 0 unspecified atom stereocenters. The lowest BCUT2D eigenvalue weighted by atomic mass is 9.97. The molecule has 2 fully saturated rings. The minimum Gasteiger partial charge on any atom is -0.339 e. The summed E-state index contributed by atoms with van der Waals surface area (Å²) in [6.45, 7) is 11.8. The molecule has 2 aliphatic heterocycles. The van der Waals surface area contributed by atoms with Crippen molar-refractivity contribution in [3.63, 3.8) is 0 Å². The topological polar surface area (TPSA) is 53.4 Å². The summed E-state index contributed by atoms with van der Waals surface area (Å²) in [6.07, 6.45) is 9.41. The fourth-order valence-corrected chi connectivity index (χ4v) is 5.90. The third kappa shape index (κ3) is 4.91. The summed E-state index contributed by atoms with van der Waals surface area (Å²) in [6, 6.07) is 4.52. The number of carbonyl (C=O) groups excluding carboxylic acids is 1. The number of hydrogen-bond donors (Lipinski definition) is 1. The minimum atomic E-state index is -0.409. The average molecular weight is 492 g/mol. The van der Waals surface area contributed by atoms with Gasteiger partial charge in [-0.05, 0) is 101 Å². The van der Waals surface area contributed by atoms with E-state index in [-0.39, 0.29) is 11.9 Å². The van der Waals surface area contributed by atoms with Gasteiger partial charge in [-0.2, -0.15) is 0 Å². The lowest BCUT2D eigenvalue weighted by Crippen LogP contribution is -2.33. The van der Waals surface area contributed by atoms with Gasteiger partial charge in [-0.25, -0.2) is 4.39 Å². The number of aryl methyl sites for hydroxylation is 1. The number of fused-ring (bicyclic) bond motifs is 1. The van der Waals surface area contributed by atoms with Gasteiger partial charge in [0.15, 0.2) is 0 Å². The Morgan fingerprint density at radius 3 is 2.83 bits per heavy atom. The Morgan fingerprint density at radius 1 is 1.25 bits per heavy atom. The van der Waals surface area contributed by atoms with Gasteiger partial charge in [0, 0.05) is 44.0 Å². The van der Waals surface area contributed by atoms with E-state index in [4.69, 9.17) is 0 Å². The molecule has 0 aliphatic carbocycles. The zero-order valence-corrected chi connectivity index (χ0v) is 21.9. The Bertz CT molecular complexity index is 1250. The molecular weight excluding hydrogens is 453 g/mol. The highest BCUT2D eigenvalue weighted by molar-refractivity contribution is 5.99. The van der Waals surface area contributed by atoms with Gasteiger partial charge in [0.1, 0.15) is 5.82 Å². The summed E-state index contributed by atoms with van der Waals surface area (Å²) in [5, 5.41) is 4.68. The zero-order valence-electron chi connectivity index (χ0n) is 21.9. The van der Waals surface area contributed by atoms with Crippen LogP contribution in [0.5, 0.6) is 0 Å². The SMILES string of the molecule is Cc1cncc2c1c(C[C@H]1CCN(C[C@@H]3CCNC3)C1)cn2-c1ccc(F)cc1C(=O)N(C)C(C)C. The number of pyridine rings is 1. The first-order chi connectivity index (χ1) is 17.3. The van der Waals surface area contributed by atoms with Crippen molar-refractivity contribution in [2.24, 2.45) is 11.8 Å². The van der Waals surface area contributed by atoms with Crippen molar-refractivity contribution in [1.29, 1.82) is 0 Å². The first kappa shape index (κ1) is 24.9. The van der Waals surface area contributed by atoms with Gasteiger partial charge in [0.2, 0.25) is 0 Å². The normalized spacial score (nSPS) is 20.6. The number of likely N-dealkylation sites (tertiary alicyclic amines) is 1. The maximum atomic E-state index is 14.3. The number of hydrogen-bond acceptors (Lipinski definition) is 4. The number of nitrogens with zero attached hydrogens (tertiary/aromatic N) is 4. The van der Waals surface area contributed by atoms with E-state index >= 15 is 0 Å². The molecule has 192 valence electrons. The molecule has 0 spiro atoms. The van der Waals surface area contributed by atoms with E-state index < -0.39 is 5.82 Å². The molecule has 2 aliphatic rings. The van der Waals surface area contributed by atoms with E-state index in [1.54, 1.807) is 18.0 Å². The van der Waals surface area contributed by atoms with Crippen LogP contribution >= 0.6 is 0 Å². The number of rotatable bonds is 7. The van der Waals surface area contributed by atoms with Crippen LogP contribution in [0.15, 0.2) is 36.8 Å². The van der Waals surface area contributed by atoms with Crippen LogP contribution in [0, 0.1) is 24.6 Å². The van der Waals surface area contributed by atoms with Crippen molar-refractivity contribution < 1.29 is 9.18 Å². The molecule has 6 nitrogen and oxygen atoms in total. The summed E-state index contributed by atoms with van der Waals surface area (Å²) >= 11 is 0. The fraction of sp³-hybridized carbons (Fsp3) is 0.517. The van der Waals surface area contributed by atoms with E-state index in [2.05, 4.69) is 28.3 Å². The van der Waals surface area contributed by atoms with Crippen LogP contribution in [0.2, 0.25) is 0 Å². The molecule has 1 amide bonds. The Labute approximate surface area is 213 Å². The third-order valence-electron chi connectivity index (χ3n) is 8.08. The number of amides is 1. The molecule has 0 saturated carbocycles. The highest BCUT2D eigenvalue weighted by Gasteiger charge is 2.28. The van der Waals surface area contributed by atoms with E-state index in [9.17, 15) is 9.18 Å². The molecule has 36 heavy (non-hydrogen) atoms. The van der Waals surface area contributed by atoms with Crippen molar-refractivity contribution in [2.75, 3.05) is 39.8 Å². The van der Waals surface area contributed by atoms with E-state index in [0.29, 0.717) is 17.2 Å². The molecule has 2 aromatic heterocycles. The molecule has 1 aromatic carbocycles. The highest BCUT2D eigenvalue weighted by Crippen LogP contribution is 2.32. The molecule has 5 rings (SSSR count). The highest BCUT2D eigenvalue weighted by atomic mass is 19.1. The van der Waals surface area contributed by atoms with Gasteiger partial charge >= 0.3 is 0 Å². The van der Waals surface area contributed by atoms with Gasteiger partial charge in [0.05, 0.1) is 23.0 Å². The Kier molecular flexibility index (Phi) is 7.13. The minimum absolute atomic E-state index is 0.0137. The zero-order chi connectivity index (χ0) is 25.4. The average Bonchev–Trinajstić information content (AvgIpc) is 3.60. The third-order valence-corrected chi connectivity index (χ3v) is 8.08. The van der Waals surface area contributed by atoms with E-state index in [0.717, 1.165) is 43.1 Å². The van der Waals surface area contributed by atoms with Gasteiger partial charge in [-0.15, -0.1) is 0 Å². The second kappa shape index (κ2) is 10.3. The van der Waals surface area contributed by atoms with E-state index in [1.807, 2.05) is 30.8 Å². The van der Waals surface area contributed by atoms with Crippen molar-refractivity contribution in [2.45, 2.75) is 46.1 Å². The maximum absolute atomic E-state index is 14.3. The largest absolute Gasteiger partial charge is 0.339 e. The molecule has 3 aromatic rings. The summed E-state index contributed by atoms with van der Waals surface area (Å²) in [7, 11) is 1.76. The van der Waals surface area contributed by atoms with Crippen LogP contribution in [-0.4, -0.2) is 71.1 Å². The molecule has 1 N–H and O–H groups in total. The molecule has 0 bridgehead atoms. The number of nitrogens with one attached hydrogen (secondary N) is 1. The van der Waals surface area contributed by atoms with Gasteiger partial charge < -0.3 is 19.7 Å². The Morgan fingerprint density at radius 2 is 2.08 bits per heavy atom. The molecule has 4 heterocycles. The predicted octanol–water partition coefficient (Wildman–Crippen LogP) is 4.43.